The summed E-state index contributed by atoms with van der Waals surface area (Å²) in [4.78, 5) is 0. The van der Waals surface area contributed by atoms with Crippen LogP contribution in [0.1, 0.15) is 39.0 Å². The fourth-order valence-corrected chi connectivity index (χ4v) is 1.79. The molecule has 66 valence electrons. The van der Waals surface area contributed by atoms with Gasteiger partial charge in [0.1, 0.15) is 0 Å². The summed E-state index contributed by atoms with van der Waals surface area (Å²) in [5.74, 6) is 0. The summed E-state index contributed by atoms with van der Waals surface area (Å²) in [5.41, 5.74) is 3.04. The summed E-state index contributed by atoms with van der Waals surface area (Å²) in [6, 6.07) is 0. The molecule has 0 aromatic carbocycles. The molecule has 0 radical (unpaired) electrons. The molecule has 1 rings (SSSR count). The SMILES string of the molecule is C=C/C=C1/CCCCC/C1=C/C. The monoisotopic (exact) mass is 162 g/mol. The first-order valence-electron chi connectivity index (χ1n) is 4.85. The predicted molar refractivity (Wildman–Crippen MR) is 55.1 cm³/mol. The highest BCUT2D eigenvalue weighted by Crippen LogP contribution is 2.27. The molecule has 0 nitrogen and oxygen atoms in total. The van der Waals surface area contributed by atoms with Crippen molar-refractivity contribution in [3.63, 3.8) is 0 Å². The zero-order chi connectivity index (χ0) is 8.81. The van der Waals surface area contributed by atoms with Crippen molar-refractivity contribution in [2.45, 2.75) is 39.0 Å². The molecular formula is C12H18. The van der Waals surface area contributed by atoms with E-state index in [0.29, 0.717) is 0 Å². The molecule has 0 aromatic rings. The third-order valence-corrected chi connectivity index (χ3v) is 2.47. The van der Waals surface area contributed by atoms with Gasteiger partial charge in [-0.2, -0.15) is 0 Å². The minimum Gasteiger partial charge on any atom is -0.0991 e. The van der Waals surface area contributed by atoms with Crippen molar-refractivity contribution in [1.29, 1.82) is 0 Å². The van der Waals surface area contributed by atoms with Gasteiger partial charge >= 0.3 is 0 Å². The Morgan fingerprint density at radius 2 is 1.75 bits per heavy atom. The molecule has 0 heterocycles. The second-order valence-corrected chi connectivity index (χ2v) is 3.30. The number of rotatable bonds is 1. The lowest BCUT2D eigenvalue weighted by Gasteiger charge is -2.05. The van der Waals surface area contributed by atoms with Crippen LogP contribution >= 0.6 is 0 Å². The molecular weight excluding hydrogens is 144 g/mol. The first kappa shape index (κ1) is 9.31. The Hall–Kier alpha value is -0.780. The van der Waals surface area contributed by atoms with Crippen LogP contribution in [0, 0.1) is 0 Å². The van der Waals surface area contributed by atoms with Gasteiger partial charge in [-0.05, 0) is 43.8 Å². The molecule has 1 saturated carbocycles. The maximum Gasteiger partial charge on any atom is -0.0276 e. The van der Waals surface area contributed by atoms with Gasteiger partial charge in [0, 0.05) is 0 Å². The molecule has 0 bridgehead atoms. The van der Waals surface area contributed by atoms with E-state index in [-0.39, 0.29) is 0 Å². The van der Waals surface area contributed by atoms with Crippen LogP contribution < -0.4 is 0 Å². The van der Waals surface area contributed by atoms with Crippen molar-refractivity contribution in [3.8, 4) is 0 Å². The van der Waals surface area contributed by atoms with Crippen LogP contribution in [-0.4, -0.2) is 0 Å². The van der Waals surface area contributed by atoms with E-state index in [1.165, 1.54) is 43.3 Å². The Bertz CT molecular complexity index is 206. The molecule has 1 aliphatic carbocycles. The van der Waals surface area contributed by atoms with Gasteiger partial charge in [0.15, 0.2) is 0 Å². The lowest BCUT2D eigenvalue weighted by atomic mass is 10.0. The summed E-state index contributed by atoms with van der Waals surface area (Å²) in [7, 11) is 0. The average Bonchev–Trinajstić information content (AvgIpc) is 2.30. The van der Waals surface area contributed by atoms with Crippen molar-refractivity contribution in [3.05, 3.63) is 36.0 Å². The normalized spacial score (nSPS) is 25.8. The van der Waals surface area contributed by atoms with Gasteiger partial charge in [0.25, 0.3) is 0 Å². The van der Waals surface area contributed by atoms with Crippen LogP contribution in [0.4, 0.5) is 0 Å². The average molecular weight is 162 g/mol. The Balaban J connectivity index is 2.78. The molecule has 0 spiro atoms. The highest BCUT2D eigenvalue weighted by Gasteiger charge is 2.07. The highest BCUT2D eigenvalue weighted by molar-refractivity contribution is 5.33. The molecule has 0 unspecified atom stereocenters. The van der Waals surface area contributed by atoms with E-state index >= 15 is 0 Å². The number of hydrogen-bond donors (Lipinski definition) is 0. The van der Waals surface area contributed by atoms with Crippen LogP contribution in [0.5, 0.6) is 0 Å². The zero-order valence-corrected chi connectivity index (χ0v) is 7.97. The van der Waals surface area contributed by atoms with E-state index in [0.717, 1.165) is 0 Å². The molecule has 0 aliphatic heterocycles. The minimum absolute atomic E-state index is 1.24. The van der Waals surface area contributed by atoms with E-state index in [1.807, 2.05) is 6.08 Å². The van der Waals surface area contributed by atoms with Crippen molar-refractivity contribution < 1.29 is 0 Å². The quantitative estimate of drug-likeness (QED) is 0.511. The molecule has 0 heteroatoms. The van der Waals surface area contributed by atoms with E-state index in [9.17, 15) is 0 Å². The lowest BCUT2D eigenvalue weighted by Crippen LogP contribution is -1.85. The predicted octanol–water partition coefficient (Wildman–Crippen LogP) is 4.01. The number of hydrogen-bond acceptors (Lipinski definition) is 0. The lowest BCUT2D eigenvalue weighted by molar-refractivity contribution is 0.719. The van der Waals surface area contributed by atoms with Crippen LogP contribution in [0.3, 0.4) is 0 Å². The fourth-order valence-electron chi connectivity index (χ4n) is 1.79. The standard InChI is InChI=1S/C12H18/c1-3-8-12-10-7-5-6-9-11(12)4-2/h3-4,8H,1,5-7,9-10H2,2H3/b11-4-,12-8-. The Morgan fingerprint density at radius 1 is 1.08 bits per heavy atom. The van der Waals surface area contributed by atoms with Gasteiger partial charge in [-0.3, -0.25) is 0 Å². The molecule has 1 fully saturated rings. The summed E-state index contributed by atoms with van der Waals surface area (Å²) in [5, 5.41) is 0. The Kier molecular flexibility index (Phi) is 3.86. The summed E-state index contributed by atoms with van der Waals surface area (Å²) in [6.07, 6.45) is 12.9. The van der Waals surface area contributed by atoms with E-state index in [1.54, 1.807) is 0 Å². The fraction of sp³-hybridized carbons (Fsp3) is 0.500. The van der Waals surface area contributed by atoms with E-state index in [2.05, 4.69) is 25.7 Å². The van der Waals surface area contributed by atoms with Crippen molar-refractivity contribution in [2.75, 3.05) is 0 Å². The van der Waals surface area contributed by atoms with Crippen molar-refractivity contribution in [2.24, 2.45) is 0 Å². The van der Waals surface area contributed by atoms with E-state index in [4.69, 9.17) is 0 Å². The van der Waals surface area contributed by atoms with Crippen LogP contribution in [0.15, 0.2) is 36.0 Å². The van der Waals surface area contributed by atoms with Crippen molar-refractivity contribution >= 4 is 0 Å². The first-order chi connectivity index (χ1) is 5.88. The van der Waals surface area contributed by atoms with Crippen LogP contribution in [0.25, 0.3) is 0 Å². The molecule has 0 aromatic heterocycles. The molecule has 12 heavy (non-hydrogen) atoms. The van der Waals surface area contributed by atoms with Gasteiger partial charge in [0.2, 0.25) is 0 Å². The van der Waals surface area contributed by atoms with Gasteiger partial charge in [0.05, 0.1) is 0 Å². The van der Waals surface area contributed by atoms with Gasteiger partial charge in [-0.1, -0.05) is 31.2 Å². The molecule has 0 atom stereocenters. The topological polar surface area (TPSA) is 0 Å². The third kappa shape index (κ3) is 2.37. The highest BCUT2D eigenvalue weighted by atomic mass is 14.1. The molecule has 1 aliphatic rings. The van der Waals surface area contributed by atoms with Gasteiger partial charge in [-0.25, -0.2) is 0 Å². The summed E-state index contributed by atoms with van der Waals surface area (Å²) in [6.45, 7) is 5.89. The Labute approximate surface area is 75.7 Å². The minimum atomic E-state index is 1.24. The second kappa shape index (κ2) is 4.97. The summed E-state index contributed by atoms with van der Waals surface area (Å²) >= 11 is 0. The van der Waals surface area contributed by atoms with E-state index < -0.39 is 0 Å². The molecule has 0 N–H and O–H groups in total. The maximum absolute atomic E-state index is 3.75. The first-order valence-corrected chi connectivity index (χ1v) is 4.85. The molecule has 0 saturated heterocycles. The maximum atomic E-state index is 3.75. The van der Waals surface area contributed by atoms with Gasteiger partial charge < -0.3 is 0 Å². The molecule has 0 amide bonds. The summed E-state index contributed by atoms with van der Waals surface area (Å²) < 4.78 is 0. The zero-order valence-electron chi connectivity index (χ0n) is 7.97. The van der Waals surface area contributed by atoms with Crippen LogP contribution in [-0.2, 0) is 0 Å². The van der Waals surface area contributed by atoms with Crippen molar-refractivity contribution in [1.82, 2.24) is 0 Å². The number of allylic oxidation sites excluding steroid dienone is 5. The van der Waals surface area contributed by atoms with Crippen LogP contribution in [0.2, 0.25) is 0 Å². The Morgan fingerprint density at radius 3 is 2.33 bits per heavy atom. The largest absolute Gasteiger partial charge is 0.0991 e. The van der Waals surface area contributed by atoms with Gasteiger partial charge in [-0.15, -0.1) is 0 Å². The third-order valence-electron chi connectivity index (χ3n) is 2.47. The second-order valence-electron chi connectivity index (χ2n) is 3.30. The smallest absolute Gasteiger partial charge is 0.0276 e.